The first-order chi connectivity index (χ1) is 7.65. The number of carbonyl (C=O) groups is 2. The summed E-state index contributed by atoms with van der Waals surface area (Å²) in [6, 6.07) is 7.35. The van der Waals surface area contributed by atoms with E-state index in [0.717, 1.165) is 5.56 Å². The average molecular weight is 240 g/mol. The maximum absolute atomic E-state index is 11.0. The van der Waals surface area contributed by atoms with Crippen LogP contribution in [-0.4, -0.2) is 29.9 Å². The van der Waals surface area contributed by atoms with Gasteiger partial charge >= 0.3 is 11.9 Å². The molecule has 0 aromatic heterocycles. The van der Waals surface area contributed by atoms with Gasteiger partial charge in [0.1, 0.15) is 0 Å². The molecular weight excluding hydrogens is 230 g/mol. The van der Waals surface area contributed by atoms with Gasteiger partial charge in [0.2, 0.25) is 0 Å². The molecule has 1 heterocycles. The molecule has 2 rings (SSSR count). The fraction of sp³-hybridized carbons (Fsp3) is 0.273. The fourth-order valence-corrected chi connectivity index (χ4v) is 1.79. The highest BCUT2D eigenvalue weighted by atomic mass is 35.5. The van der Waals surface area contributed by atoms with Crippen LogP contribution in [0.3, 0.4) is 0 Å². The third-order valence-corrected chi connectivity index (χ3v) is 2.65. The lowest BCUT2D eigenvalue weighted by Gasteiger charge is -2.24. The molecule has 0 atom stereocenters. The van der Waals surface area contributed by atoms with Crippen molar-refractivity contribution in [2.45, 2.75) is 6.54 Å². The smallest absolute Gasteiger partial charge is 0.327 e. The molecule has 1 aliphatic rings. The van der Waals surface area contributed by atoms with E-state index in [1.807, 2.05) is 18.2 Å². The van der Waals surface area contributed by atoms with E-state index < -0.39 is 11.9 Å². The molecule has 84 valence electrons. The number of carbonyl (C=O) groups excluding carboxylic acids is 2. The van der Waals surface area contributed by atoms with Crippen molar-refractivity contribution in [2.24, 2.45) is 0 Å². The van der Waals surface area contributed by atoms with Crippen LogP contribution in [0.25, 0.3) is 0 Å². The molecule has 16 heavy (non-hydrogen) atoms. The maximum Gasteiger partial charge on any atom is 0.327 e. The first kappa shape index (κ1) is 11.1. The molecule has 0 radical (unpaired) electrons. The number of benzene rings is 1. The molecule has 0 spiro atoms. The Kier molecular flexibility index (Phi) is 3.22. The lowest BCUT2D eigenvalue weighted by Crippen LogP contribution is -2.42. The van der Waals surface area contributed by atoms with Crippen LogP contribution in [0.2, 0.25) is 5.02 Å². The maximum atomic E-state index is 11.0. The zero-order chi connectivity index (χ0) is 11.5. The summed E-state index contributed by atoms with van der Waals surface area (Å²) >= 11 is 5.99. The van der Waals surface area contributed by atoms with Gasteiger partial charge in [0.25, 0.3) is 0 Å². The predicted molar refractivity (Wildman–Crippen MR) is 57.8 cm³/mol. The molecule has 0 unspecified atom stereocenters. The van der Waals surface area contributed by atoms with Crippen LogP contribution in [0, 0.1) is 0 Å². The Balaban J connectivity index is 2.07. The minimum absolute atomic E-state index is 0.122. The summed E-state index contributed by atoms with van der Waals surface area (Å²) in [5.74, 6) is -1.02. The molecule has 1 aromatic rings. The normalized spacial score (nSPS) is 17.3. The topological polar surface area (TPSA) is 46.6 Å². The monoisotopic (exact) mass is 239 g/mol. The number of nitrogens with zero attached hydrogens (tertiary/aromatic N) is 1. The van der Waals surface area contributed by atoms with Crippen molar-refractivity contribution in [3.8, 4) is 0 Å². The molecule has 1 aliphatic heterocycles. The largest absolute Gasteiger partial charge is 0.391 e. The van der Waals surface area contributed by atoms with Crippen LogP contribution in [0.5, 0.6) is 0 Å². The summed E-state index contributed by atoms with van der Waals surface area (Å²) in [5.41, 5.74) is 0.895. The Bertz CT molecular complexity index is 417. The number of ether oxygens (including phenoxy) is 1. The van der Waals surface area contributed by atoms with Gasteiger partial charge in [0.05, 0.1) is 13.1 Å². The van der Waals surface area contributed by atoms with E-state index in [2.05, 4.69) is 4.74 Å². The lowest BCUT2D eigenvalue weighted by molar-refractivity contribution is -0.167. The van der Waals surface area contributed by atoms with Gasteiger partial charge in [-0.15, -0.1) is 0 Å². The molecule has 4 nitrogen and oxygen atoms in total. The highest BCUT2D eigenvalue weighted by molar-refractivity contribution is 6.31. The molecule has 0 amide bonds. The van der Waals surface area contributed by atoms with Crippen molar-refractivity contribution in [1.82, 2.24) is 4.90 Å². The van der Waals surface area contributed by atoms with Crippen LogP contribution < -0.4 is 0 Å². The van der Waals surface area contributed by atoms with E-state index >= 15 is 0 Å². The Morgan fingerprint density at radius 1 is 1.19 bits per heavy atom. The van der Waals surface area contributed by atoms with Gasteiger partial charge in [-0.25, -0.2) is 0 Å². The fourth-order valence-electron chi connectivity index (χ4n) is 1.59. The zero-order valence-electron chi connectivity index (χ0n) is 8.48. The van der Waals surface area contributed by atoms with Crippen molar-refractivity contribution in [3.63, 3.8) is 0 Å². The Hall–Kier alpha value is -1.39. The highest BCUT2D eigenvalue weighted by Gasteiger charge is 2.24. The van der Waals surface area contributed by atoms with E-state index in [1.54, 1.807) is 11.0 Å². The molecule has 1 fully saturated rings. The third kappa shape index (κ3) is 2.59. The summed E-state index contributed by atoms with van der Waals surface area (Å²) in [6.45, 7) is 0.717. The van der Waals surface area contributed by atoms with E-state index in [-0.39, 0.29) is 13.1 Å². The van der Waals surface area contributed by atoms with Crippen LogP contribution in [0.1, 0.15) is 5.56 Å². The van der Waals surface area contributed by atoms with Crippen molar-refractivity contribution in [2.75, 3.05) is 13.1 Å². The van der Waals surface area contributed by atoms with E-state index in [0.29, 0.717) is 11.6 Å². The number of hydrogen-bond donors (Lipinski definition) is 0. The second kappa shape index (κ2) is 4.63. The third-order valence-electron chi connectivity index (χ3n) is 2.28. The minimum Gasteiger partial charge on any atom is -0.391 e. The second-order valence-corrected chi connectivity index (χ2v) is 3.99. The summed E-state index contributed by atoms with van der Waals surface area (Å²) in [7, 11) is 0. The van der Waals surface area contributed by atoms with Crippen molar-refractivity contribution in [1.29, 1.82) is 0 Å². The number of rotatable bonds is 2. The number of halogens is 1. The van der Waals surface area contributed by atoms with Gasteiger partial charge < -0.3 is 4.74 Å². The molecule has 0 N–H and O–H groups in total. The second-order valence-electron chi connectivity index (χ2n) is 3.58. The summed E-state index contributed by atoms with van der Waals surface area (Å²) in [6.07, 6.45) is 0. The number of esters is 2. The Morgan fingerprint density at radius 2 is 1.81 bits per heavy atom. The van der Waals surface area contributed by atoms with Crippen LogP contribution >= 0.6 is 11.6 Å². The molecular formula is C11H10ClNO3. The van der Waals surface area contributed by atoms with Gasteiger partial charge in [-0.3, -0.25) is 14.5 Å². The molecule has 0 bridgehead atoms. The van der Waals surface area contributed by atoms with Crippen molar-refractivity contribution >= 4 is 23.5 Å². The zero-order valence-corrected chi connectivity index (χ0v) is 9.24. The van der Waals surface area contributed by atoms with Gasteiger partial charge in [-0.05, 0) is 11.6 Å². The molecule has 1 saturated heterocycles. The van der Waals surface area contributed by atoms with Gasteiger partial charge in [0, 0.05) is 11.6 Å². The standard InChI is InChI=1S/C11H10ClNO3/c12-9-4-2-1-3-8(9)5-13-6-10(14)16-11(15)7-13/h1-4H,5-7H2. The van der Waals surface area contributed by atoms with Crippen LogP contribution in [0.4, 0.5) is 0 Å². The highest BCUT2D eigenvalue weighted by Crippen LogP contribution is 2.17. The van der Waals surface area contributed by atoms with E-state index in [9.17, 15) is 9.59 Å². The van der Waals surface area contributed by atoms with Crippen molar-refractivity contribution < 1.29 is 14.3 Å². The number of morpholine rings is 1. The molecule has 1 aromatic carbocycles. The van der Waals surface area contributed by atoms with E-state index in [4.69, 9.17) is 11.6 Å². The Morgan fingerprint density at radius 3 is 2.44 bits per heavy atom. The summed E-state index contributed by atoms with van der Waals surface area (Å²) in [5, 5.41) is 0.633. The Labute approximate surface area is 97.7 Å². The predicted octanol–water partition coefficient (Wildman–Crippen LogP) is 1.23. The van der Waals surface area contributed by atoms with Crippen LogP contribution in [-0.2, 0) is 20.9 Å². The molecule has 0 saturated carbocycles. The average Bonchev–Trinajstić information content (AvgIpc) is 2.20. The van der Waals surface area contributed by atoms with Gasteiger partial charge in [-0.1, -0.05) is 29.8 Å². The van der Waals surface area contributed by atoms with Crippen LogP contribution in [0.15, 0.2) is 24.3 Å². The minimum atomic E-state index is -0.511. The first-order valence-electron chi connectivity index (χ1n) is 4.84. The SMILES string of the molecule is O=C1CN(Cc2ccccc2Cl)CC(=O)O1. The number of cyclic esters (lactones) is 2. The first-order valence-corrected chi connectivity index (χ1v) is 5.22. The summed E-state index contributed by atoms with van der Waals surface area (Å²) in [4.78, 5) is 23.8. The number of hydrogen-bond acceptors (Lipinski definition) is 4. The van der Waals surface area contributed by atoms with Gasteiger partial charge in [-0.2, -0.15) is 0 Å². The quantitative estimate of drug-likeness (QED) is 0.575. The summed E-state index contributed by atoms with van der Waals surface area (Å²) < 4.78 is 4.43. The van der Waals surface area contributed by atoms with Gasteiger partial charge in [0.15, 0.2) is 0 Å². The lowest BCUT2D eigenvalue weighted by atomic mass is 10.2. The van der Waals surface area contributed by atoms with Crippen molar-refractivity contribution in [3.05, 3.63) is 34.9 Å². The molecule has 0 aliphatic carbocycles. The molecule has 5 heteroatoms. The van der Waals surface area contributed by atoms with E-state index in [1.165, 1.54) is 0 Å².